The van der Waals surface area contributed by atoms with Crippen LogP contribution in [0, 0.1) is 0 Å². The number of aromatic amines is 2. The standard InChI is InChI=1S/C17H17N3O5/c21-14-13(8-18-17(25)19-14)15(22)20-7-1-2-12(9-20)10-3-5-11(6-4-10)16(23)24/h3-6,8,12H,1-2,7,9H2,(H,23,24)(H2,18,19,21,25)/t12-/m0/s1. The number of piperidine rings is 1. The molecular formula is C17H17N3O5. The van der Waals surface area contributed by atoms with Crippen molar-refractivity contribution in [2.24, 2.45) is 0 Å². The molecule has 0 unspecified atom stereocenters. The molecule has 2 heterocycles. The first-order chi connectivity index (χ1) is 12.0. The zero-order chi connectivity index (χ0) is 18.0. The maximum Gasteiger partial charge on any atom is 0.335 e. The van der Waals surface area contributed by atoms with Crippen LogP contribution in [0.3, 0.4) is 0 Å². The molecule has 0 aliphatic carbocycles. The average Bonchev–Trinajstić information content (AvgIpc) is 2.61. The molecule has 1 aromatic carbocycles. The molecule has 8 nitrogen and oxygen atoms in total. The monoisotopic (exact) mass is 343 g/mol. The van der Waals surface area contributed by atoms with Gasteiger partial charge in [-0.25, -0.2) is 9.59 Å². The van der Waals surface area contributed by atoms with Gasteiger partial charge in [-0.1, -0.05) is 12.1 Å². The first kappa shape index (κ1) is 16.7. The largest absolute Gasteiger partial charge is 0.478 e. The maximum atomic E-state index is 12.6. The van der Waals surface area contributed by atoms with Crippen LogP contribution in [0.1, 0.15) is 45.0 Å². The zero-order valence-corrected chi connectivity index (χ0v) is 13.3. The lowest BCUT2D eigenvalue weighted by molar-refractivity contribution is 0.0693. The van der Waals surface area contributed by atoms with Gasteiger partial charge in [0.2, 0.25) is 0 Å². The second-order valence-corrected chi connectivity index (χ2v) is 6.00. The highest BCUT2D eigenvalue weighted by Gasteiger charge is 2.27. The Hall–Kier alpha value is -3.16. The molecule has 1 aromatic heterocycles. The zero-order valence-electron chi connectivity index (χ0n) is 13.3. The van der Waals surface area contributed by atoms with E-state index in [2.05, 4.69) is 4.98 Å². The van der Waals surface area contributed by atoms with Gasteiger partial charge in [0.05, 0.1) is 5.56 Å². The van der Waals surface area contributed by atoms with Gasteiger partial charge in [0.1, 0.15) is 5.56 Å². The lowest BCUT2D eigenvalue weighted by atomic mass is 9.90. The van der Waals surface area contributed by atoms with Gasteiger partial charge >= 0.3 is 11.7 Å². The molecule has 1 aliphatic rings. The molecule has 3 rings (SSSR count). The molecule has 130 valence electrons. The number of aromatic nitrogens is 2. The van der Waals surface area contributed by atoms with Crippen LogP contribution in [0.2, 0.25) is 0 Å². The fraction of sp³-hybridized carbons (Fsp3) is 0.294. The summed E-state index contributed by atoms with van der Waals surface area (Å²) >= 11 is 0. The number of carboxylic acid groups (broad SMARTS) is 1. The minimum absolute atomic E-state index is 0.0717. The Morgan fingerprint density at radius 3 is 2.52 bits per heavy atom. The fourth-order valence-electron chi connectivity index (χ4n) is 3.07. The van der Waals surface area contributed by atoms with Gasteiger partial charge < -0.3 is 15.0 Å². The first-order valence-corrected chi connectivity index (χ1v) is 7.90. The predicted octanol–water partition coefficient (Wildman–Crippen LogP) is 0.781. The molecule has 8 heteroatoms. The summed E-state index contributed by atoms with van der Waals surface area (Å²) in [5.41, 5.74) is -0.287. The highest BCUT2D eigenvalue weighted by Crippen LogP contribution is 2.27. The number of carbonyl (C=O) groups is 2. The van der Waals surface area contributed by atoms with E-state index < -0.39 is 23.1 Å². The van der Waals surface area contributed by atoms with Gasteiger partial charge in [0.15, 0.2) is 0 Å². The summed E-state index contributed by atoms with van der Waals surface area (Å²) in [6, 6.07) is 6.61. The summed E-state index contributed by atoms with van der Waals surface area (Å²) in [4.78, 5) is 52.3. The molecule has 1 atom stereocenters. The van der Waals surface area contributed by atoms with Crippen LogP contribution in [0.25, 0.3) is 0 Å². The fourth-order valence-corrected chi connectivity index (χ4v) is 3.07. The van der Waals surface area contributed by atoms with Crippen molar-refractivity contribution in [3.63, 3.8) is 0 Å². The number of likely N-dealkylation sites (tertiary alicyclic amines) is 1. The third-order valence-electron chi connectivity index (χ3n) is 4.39. The van der Waals surface area contributed by atoms with E-state index >= 15 is 0 Å². The van der Waals surface area contributed by atoms with Gasteiger partial charge in [-0.15, -0.1) is 0 Å². The molecule has 3 N–H and O–H groups in total. The SMILES string of the molecule is O=C(O)c1ccc([C@H]2CCCN(C(=O)c3c[nH]c(=O)[nH]c3=O)C2)cc1. The van der Waals surface area contributed by atoms with Crippen LogP contribution in [0.15, 0.2) is 40.1 Å². The number of carboxylic acids is 1. The van der Waals surface area contributed by atoms with Crippen molar-refractivity contribution < 1.29 is 14.7 Å². The van der Waals surface area contributed by atoms with E-state index in [1.165, 1.54) is 0 Å². The number of amides is 1. The van der Waals surface area contributed by atoms with E-state index in [0.29, 0.717) is 13.1 Å². The lowest BCUT2D eigenvalue weighted by Gasteiger charge is -2.33. The Bertz CT molecular complexity index is 913. The maximum absolute atomic E-state index is 12.6. The van der Waals surface area contributed by atoms with Gasteiger partial charge in [-0.3, -0.25) is 14.6 Å². The summed E-state index contributed by atoms with van der Waals surface area (Å²) in [6.45, 7) is 0.963. The quantitative estimate of drug-likeness (QED) is 0.760. The van der Waals surface area contributed by atoms with E-state index in [-0.39, 0.29) is 17.0 Å². The summed E-state index contributed by atoms with van der Waals surface area (Å²) < 4.78 is 0. The van der Waals surface area contributed by atoms with Crippen molar-refractivity contribution in [3.05, 3.63) is 68.0 Å². The summed E-state index contributed by atoms with van der Waals surface area (Å²) in [5.74, 6) is -1.34. The summed E-state index contributed by atoms with van der Waals surface area (Å²) in [7, 11) is 0. The van der Waals surface area contributed by atoms with Crippen LogP contribution >= 0.6 is 0 Å². The molecule has 0 saturated carbocycles. The molecule has 0 radical (unpaired) electrons. The Morgan fingerprint density at radius 2 is 1.88 bits per heavy atom. The summed E-state index contributed by atoms with van der Waals surface area (Å²) in [6.07, 6.45) is 2.78. The second kappa shape index (κ2) is 6.76. The van der Waals surface area contributed by atoms with Gasteiger partial charge in [-0.05, 0) is 30.5 Å². The second-order valence-electron chi connectivity index (χ2n) is 6.00. The van der Waals surface area contributed by atoms with Crippen molar-refractivity contribution in [1.82, 2.24) is 14.9 Å². The van der Waals surface area contributed by atoms with Crippen LogP contribution in [-0.2, 0) is 0 Å². The Kier molecular flexibility index (Phi) is 4.51. The number of nitrogens with one attached hydrogen (secondary N) is 2. The van der Waals surface area contributed by atoms with Gasteiger partial charge in [-0.2, -0.15) is 0 Å². The van der Waals surface area contributed by atoms with E-state index in [1.54, 1.807) is 29.2 Å². The van der Waals surface area contributed by atoms with Crippen molar-refractivity contribution >= 4 is 11.9 Å². The minimum Gasteiger partial charge on any atom is -0.478 e. The smallest absolute Gasteiger partial charge is 0.335 e. The number of aromatic carboxylic acids is 1. The first-order valence-electron chi connectivity index (χ1n) is 7.90. The van der Waals surface area contributed by atoms with Crippen LogP contribution < -0.4 is 11.2 Å². The van der Waals surface area contributed by atoms with Crippen molar-refractivity contribution in [2.45, 2.75) is 18.8 Å². The molecule has 25 heavy (non-hydrogen) atoms. The molecule has 1 fully saturated rings. The number of hydrogen-bond donors (Lipinski definition) is 3. The number of H-pyrrole nitrogens is 2. The minimum atomic E-state index is -0.982. The molecule has 2 aromatic rings. The van der Waals surface area contributed by atoms with Crippen LogP contribution in [0.5, 0.6) is 0 Å². The molecule has 1 saturated heterocycles. The molecule has 0 spiro atoms. The van der Waals surface area contributed by atoms with E-state index in [0.717, 1.165) is 24.6 Å². The van der Waals surface area contributed by atoms with Gasteiger partial charge in [0, 0.05) is 25.2 Å². The molecule has 1 aliphatic heterocycles. The number of hydrogen-bond acceptors (Lipinski definition) is 4. The third kappa shape index (κ3) is 3.52. The van der Waals surface area contributed by atoms with Crippen molar-refractivity contribution in [2.75, 3.05) is 13.1 Å². The van der Waals surface area contributed by atoms with Crippen LogP contribution in [-0.4, -0.2) is 44.9 Å². The average molecular weight is 343 g/mol. The van der Waals surface area contributed by atoms with Gasteiger partial charge in [0.25, 0.3) is 11.5 Å². The van der Waals surface area contributed by atoms with E-state index in [1.807, 2.05) is 4.98 Å². The van der Waals surface area contributed by atoms with E-state index in [4.69, 9.17) is 5.11 Å². The lowest BCUT2D eigenvalue weighted by Crippen LogP contribution is -2.42. The predicted molar refractivity (Wildman–Crippen MR) is 89.0 cm³/mol. The normalized spacial score (nSPS) is 17.3. The number of carbonyl (C=O) groups excluding carboxylic acids is 1. The molecular weight excluding hydrogens is 326 g/mol. The van der Waals surface area contributed by atoms with Crippen LogP contribution in [0.4, 0.5) is 0 Å². The Balaban J connectivity index is 1.78. The highest BCUT2D eigenvalue weighted by molar-refractivity contribution is 5.93. The number of nitrogens with zero attached hydrogens (tertiary/aromatic N) is 1. The van der Waals surface area contributed by atoms with Crippen molar-refractivity contribution in [3.8, 4) is 0 Å². The number of benzene rings is 1. The molecule has 0 bridgehead atoms. The van der Waals surface area contributed by atoms with E-state index in [9.17, 15) is 19.2 Å². The Morgan fingerprint density at radius 1 is 1.16 bits per heavy atom. The third-order valence-corrected chi connectivity index (χ3v) is 4.39. The highest BCUT2D eigenvalue weighted by atomic mass is 16.4. The molecule has 1 amide bonds. The number of rotatable bonds is 3. The topological polar surface area (TPSA) is 123 Å². The van der Waals surface area contributed by atoms with Crippen molar-refractivity contribution in [1.29, 1.82) is 0 Å². The summed E-state index contributed by atoms with van der Waals surface area (Å²) in [5, 5.41) is 8.96. The Labute approximate surface area is 142 Å².